The van der Waals surface area contributed by atoms with Gasteiger partial charge in [-0.2, -0.15) is 0 Å². The van der Waals surface area contributed by atoms with Crippen LogP contribution in [0.25, 0.3) is 0 Å². The third-order valence-corrected chi connectivity index (χ3v) is 4.88. The van der Waals surface area contributed by atoms with Crippen LogP contribution in [-0.4, -0.2) is 12.6 Å². The van der Waals surface area contributed by atoms with Gasteiger partial charge >= 0.3 is 0 Å². The van der Waals surface area contributed by atoms with Crippen LogP contribution in [0.5, 0.6) is 5.75 Å². The molecule has 0 bridgehead atoms. The maximum absolute atomic E-state index is 6.13. The Hall–Kier alpha value is -0.540. The minimum absolute atomic E-state index is 0.398. The maximum atomic E-state index is 6.13. The average Bonchev–Trinajstić information content (AvgIpc) is 2.44. The van der Waals surface area contributed by atoms with Gasteiger partial charge in [-0.25, -0.2) is 0 Å². The lowest BCUT2D eigenvalue weighted by molar-refractivity contribution is 0.130. The van der Waals surface area contributed by atoms with Crippen molar-refractivity contribution in [2.75, 3.05) is 6.54 Å². The van der Waals surface area contributed by atoms with E-state index in [1.54, 1.807) is 0 Å². The average molecular weight is 326 g/mol. The molecule has 0 spiro atoms. The zero-order chi connectivity index (χ0) is 13.7. The summed E-state index contributed by atoms with van der Waals surface area (Å²) in [7, 11) is 0. The number of hydrogen-bond donors (Lipinski definition) is 1. The van der Waals surface area contributed by atoms with Crippen molar-refractivity contribution in [2.45, 2.75) is 51.6 Å². The molecule has 0 amide bonds. The largest absolute Gasteiger partial charge is 0.490 e. The van der Waals surface area contributed by atoms with Gasteiger partial charge in [-0.05, 0) is 68.3 Å². The van der Waals surface area contributed by atoms with Crippen molar-refractivity contribution in [1.82, 2.24) is 0 Å². The van der Waals surface area contributed by atoms with E-state index in [2.05, 4.69) is 41.1 Å². The second kappa shape index (κ2) is 7.30. The molecule has 2 N–H and O–H groups in total. The number of rotatable bonds is 5. The van der Waals surface area contributed by atoms with Crippen LogP contribution in [0.15, 0.2) is 22.7 Å². The van der Waals surface area contributed by atoms with Crippen LogP contribution in [0.4, 0.5) is 0 Å². The van der Waals surface area contributed by atoms with Crippen LogP contribution in [0.3, 0.4) is 0 Å². The van der Waals surface area contributed by atoms with Gasteiger partial charge < -0.3 is 10.5 Å². The summed E-state index contributed by atoms with van der Waals surface area (Å²) >= 11 is 3.56. The van der Waals surface area contributed by atoms with Gasteiger partial charge in [0.1, 0.15) is 5.75 Å². The monoisotopic (exact) mass is 325 g/mol. The van der Waals surface area contributed by atoms with Crippen molar-refractivity contribution in [3.63, 3.8) is 0 Å². The van der Waals surface area contributed by atoms with E-state index in [1.165, 1.54) is 37.7 Å². The molecular weight excluding hydrogens is 302 g/mol. The highest BCUT2D eigenvalue weighted by Crippen LogP contribution is 2.30. The number of hydrogen-bond acceptors (Lipinski definition) is 2. The van der Waals surface area contributed by atoms with Gasteiger partial charge in [0, 0.05) is 4.47 Å². The maximum Gasteiger partial charge on any atom is 0.120 e. The van der Waals surface area contributed by atoms with Crippen molar-refractivity contribution >= 4 is 15.9 Å². The van der Waals surface area contributed by atoms with E-state index in [-0.39, 0.29) is 0 Å². The molecular formula is C16H24BrNO. The van der Waals surface area contributed by atoms with Gasteiger partial charge in [0.05, 0.1) is 6.10 Å². The summed E-state index contributed by atoms with van der Waals surface area (Å²) in [4.78, 5) is 0. The summed E-state index contributed by atoms with van der Waals surface area (Å²) in [5, 5.41) is 0. The molecule has 0 radical (unpaired) electrons. The molecule has 1 saturated carbocycles. The fourth-order valence-electron chi connectivity index (χ4n) is 2.82. The van der Waals surface area contributed by atoms with Crippen molar-refractivity contribution in [2.24, 2.45) is 11.7 Å². The molecule has 0 aromatic heterocycles. The third kappa shape index (κ3) is 4.22. The van der Waals surface area contributed by atoms with Crippen LogP contribution in [-0.2, 0) is 6.42 Å². The molecule has 1 fully saturated rings. The highest BCUT2D eigenvalue weighted by atomic mass is 79.9. The Balaban J connectivity index is 1.94. The Morgan fingerprint density at radius 2 is 2.00 bits per heavy atom. The quantitative estimate of drug-likeness (QED) is 0.876. The molecule has 19 heavy (non-hydrogen) atoms. The van der Waals surface area contributed by atoms with E-state index >= 15 is 0 Å². The molecule has 1 aliphatic rings. The van der Waals surface area contributed by atoms with Gasteiger partial charge in [-0.15, -0.1) is 0 Å². The SMILES string of the molecule is CCC1CCC(Oc2ccc(Br)c(CCN)c2)CC1. The molecule has 2 rings (SSSR count). The molecule has 0 atom stereocenters. The normalized spacial score (nSPS) is 23.3. The predicted molar refractivity (Wildman–Crippen MR) is 83.6 cm³/mol. The molecule has 2 nitrogen and oxygen atoms in total. The summed E-state index contributed by atoms with van der Waals surface area (Å²) in [5.74, 6) is 1.91. The van der Waals surface area contributed by atoms with Crippen molar-refractivity contribution < 1.29 is 4.74 Å². The summed E-state index contributed by atoms with van der Waals surface area (Å²) in [6.45, 7) is 2.96. The summed E-state index contributed by atoms with van der Waals surface area (Å²) < 4.78 is 7.25. The Morgan fingerprint density at radius 1 is 1.26 bits per heavy atom. The molecule has 1 aromatic rings. The van der Waals surface area contributed by atoms with Crippen LogP contribution in [0.1, 0.15) is 44.6 Å². The molecule has 1 aliphatic carbocycles. The van der Waals surface area contributed by atoms with E-state index in [0.29, 0.717) is 12.6 Å². The number of ether oxygens (including phenoxy) is 1. The Kier molecular flexibility index (Phi) is 5.71. The van der Waals surface area contributed by atoms with Gasteiger partial charge in [-0.3, -0.25) is 0 Å². The minimum atomic E-state index is 0.398. The topological polar surface area (TPSA) is 35.2 Å². The molecule has 0 saturated heterocycles. The first-order valence-electron chi connectivity index (χ1n) is 7.38. The van der Waals surface area contributed by atoms with Gasteiger partial charge in [0.2, 0.25) is 0 Å². The van der Waals surface area contributed by atoms with Crippen LogP contribution in [0.2, 0.25) is 0 Å². The highest BCUT2D eigenvalue weighted by molar-refractivity contribution is 9.10. The second-order valence-electron chi connectivity index (χ2n) is 5.46. The third-order valence-electron chi connectivity index (χ3n) is 4.10. The van der Waals surface area contributed by atoms with Gasteiger partial charge in [0.25, 0.3) is 0 Å². The predicted octanol–water partition coefficient (Wildman–Crippen LogP) is 4.30. The molecule has 0 unspecified atom stereocenters. The van der Waals surface area contributed by atoms with Crippen molar-refractivity contribution in [3.05, 3.63) is 28.2 Å². The van der Waals surface area contributed by atoms with E-state index in [4.69, 9.17) is 10.5 Å². The summed E-state index contributed by atoms with van der Waals surface area (Å²) in [5.41, 5.74) is 6.87. The van der Waals surface area contributed by atoms with E-state index in [9.17, 15) is 0 Å². The lowest BCUT2D eigenvalue weighted by atomic mass is 9.86. The van der Waals surface area contributed by atoms with E-state index < -0.39 is 0 Å². The zero-order valence-corrected chi connectivity index (χ0v) is 13.3. The Morgan fingerprint density at radius 3 is 2.63 bits per heavy atom. The summed E-state index contributed by atoms with van der Waals surface area (Å²) in [6.07, 6.45) is 7.61. The fraction of sp³-hybridized carbons (Fsp3) is 0.625. The zero-order valence-electron chi connectivity index (χ0n) is 11.7. The highest BCUT2D eigenvalue weighted by Gasteiger charge is 2.21. The second-order valence-corrected chi connectivity index (χ2v) is 6.32. The van der Waals surface area contributed by atoms with Gasteiger partial charge in [0.15, 0.2) is 0 Å². The molecule has 0 aliphatic heterocycles. The first kappa shape index (κ1) is 14.9. The first-order valence-corrected chi connectivity index (χ1v) is 8.17. The molecule has 3 heteroatoms. The van der Waals surface area contributed by atoms with Crippen molar-refractivity contribution in [3.8, 4) is 5.75 Å². The molecule has 0 heterocycles. The molecule has 106 valence electrons. The van der Waals surface area contributed by atoms with E-state index in [1.807, 2.05) is 0 Å². The van der Waals surface area contributed by atoms with E-state index in [0.717, 1.165) is 22.6 Å². The van der Waals surface area contributed by atoms with Crippen LogP contribution in [0, 0.1) is 5.92 Å². The Bertz CT molecular complexity index is 400. The lowest BCUT2D eigenvalue weighted by Crippen LogP contribution is -2.23. The fourth-order valence-corrected chi connectivity index (χ4v) is 3.27. The smallest absolute Gasteiger partial charge is 0.120 e. The number of halogens is 1. The minimum Gasteiger partial charge on any atom is -0.490 e. The molecule has 1 aromatic carbocycles. The Labute approximate surface area is 124 Å². The lowest BCUT2D eigenvalue weighted by Gasteiger charge is -2.28. The first-order chi connectivity index (χ1) is 9.22. The van der Waals surface area contributed by atoms with Gasteiger partial charge in [-0.1, -0.05) is 29.3 Å². The van der Waals surface area contributed by atoms with Crippen molar-refractivity contribution in [1.29, 1.82) is 0 Å². The van der Waals surface area contributed by atoms with Crippen LogP contribution < -0.4 is 10.5 Å². The standard InChI is InChI=1S/C16H24BrNO/c1-2-12-3-5-14(6-4-12)19-15-7-8-16(17)13(11-15)9-10-18/h7-8,11-12,14H,2-6,9-10,18H2,1H3. The number of benzene rings is 1. The number of nitrogens with two attached hydrogens (primary N) is 1. The summed E-state index contributed by atoms with van der Waals surface area (Å²) in [6, 6.07) is 6.25. The van der Waals surface area contributed by atoms with Crippen LogP contribution >= 0.6 is 15.9 Å².